The number of nitrogens with one attached hydrogen (secondary N) is 3. The fraction of sp³-hybridized carbons (Fsp3) is 0.467. The van der Waals surface area contributed by atoms with Gasteiger partial charge in [-0.25, -0.2) is 9.97 Å². The molecular weight excluding hydrogens is 516 g/mol. The molecule has 2 saturated heterocycles. The highest BCUT2D eigenvalue weighted by molar-refractivity contribution is 5.80. The maximum Gasteiger partial charge on any atom is 0.276 e. The van der Waals surface area contributed by atoms with Crippen LogP contribution >= 0.6 is 0 Å². The zero-order valence-electron chi connectivity index (χ0n) is 24.2. The number of likely N-dealkylation sites (tertiary alicyclic amines) is 1. The van der Waals surface area contributed by atoms with E-state index in [-0.39, 0.29) is 5.56 Å². The summed E-state index contributed by atoms with van der Waals surface area (Å²) in [6, 6.07) is 10.9. The molecule has 11 heteroatoms. The van der Waals surface area contributed by atoms with Gasteiger partial charge in [0, 0.05) is 67.4 Å². The molecule has 2 fully saturated rings. The SMILES string of the molecule is CCN(CC)c1cc2cnc(Nc3ccc(NC4CCN(C)C4)cc3)nc2n(Cc2cncn2C2CCNC2)c1=O. The predicted octanol–water partition coefficient (Wildman–Crippen LogP) is 3.28. The Balaban J connectivity index is 1.31. The van der Waals surface area contributed by atoms with Gasteiger partial charge < -0.3 is 30.3 Å². The average molecular weight is 557 g/mol. The predicted molar refractivity (Wildman–Crippen MR) is 164 cm³/mol. The highest BCUT2D eigenvalue weighted by atomic mass is 16.1. The first-order valence-corrected chi connectivity index (χ1v) is 14.7. The summed E-state index contributed by atoms with van der Waals surface area (Å²) >= 11 is 0. The molecule has 0 bridgehead atoms. The molecule has 2 aliphatic heterocycles. The molecule has 4 aromatic rings. The summed E-state index contributed by atoms with van der Waals surface area (Å²) in [6.07, 6.45) is 7.73. The average Bonchev–Trinajstić information content (AvgIpc) is 3.75. The summed E-state index contributed by atoms with van der Waals surface area (Å²) in [5.41, 5.74) is 4.18. The van der Waals surface area contributed by atoms with Crippen molar-refractivity contribution in [1.29, 1.82) is 0 Å². The van der Waals surface area contributed by atoms with Crippen molar-refractivity contribution in [3.63, 3.8) is 0 Å². The number of fused-ring (bicyclic) bond motifs is 1. The van der Waals surface area contributed by atoms with Crippen molar-refractivity contribution in [1.82, 2.24) is 34.3 Å². The molecule has 0 radical (unpaired) electrons. The van der Waals surface area contributed by atoms with E-state index >= 15 is 0 Å². The zero-order valence-corrected chi connectivity index (χ0v) is 24.2. The largest absolute Gasteiger partial charge is 0.381 e. The van der Waals surface area contributed by atoms with Crippen LogP contribution in [0.1, 0.15) is 38.4 Å². The summed E-state index contributed by atoms with van der Waals surface area (Å²) in [5, 5.41) is 11.2. The number of hydrogen-bond donors (Lipinski definition) is 3. The van der Waals surface area contributed by atoms with Crippen molar-refractivity contribution in [2.75, 3.05) is 61.8 Å². The fourth-order valence-corrected chi connectivity index (χ4v) is 6.03. The Morgan fingerprint density at radius 2 is 1.90 bits per heavy atom. The van der Waals surface area contributed by atoms with Crippen LogP contribution in [0.15, 0.2) is 53.8 Å². The Bertz CT molecular complexity index is 1540. The number of benzene rings is 1. The van der Waals surface area contributed by atoms with Crippen LogP contribution in [0, 0.1) is 0 Å². The van der Waals surface area contributed by atoms with Crippen LogP contribution in [0.25, 0.3) is 11.0 Å². The molecule has 11 nitrogen and oxygen atoms in total. The van der Waals surface area contributed by atoms with Crippen LogP contribution in [0.2, 0.25) is 0 Å². The van der Waals surface area contributed by atoms with E-state index in [1.165, 1.54) is 0 Å². The van der Waals surface area contributed by atoms with E-state index < -0.39 is 0 Å². The molecule has 216 valence electrons. The smallest absolute Gasteiger partial charge is 0.276 e. The highest BCUT2D eigenvalue weighted by Crippen LogP contribution is 2.24. The van der Waals surface area contributed by atoms with Gasteiger partial charge >= 0.3 is 0 Å². The van der Waals surface area contributed by atoms with E-state index in [2.05, 4.69) is 73.3 Å². The van der Waals surface area contributed by atoms with Gasteiger partial charge in [-0.1, -0.05) is 0 Å². The van der Waals surface area contributed by atoms with Crippen LogP contribution in [0.5, 0.6) is 0 Å². The third kappa shape index (κ3) is 5.77. The molecule has 5 heterocycles. The Hall–Kier alpha value is -3.96. The van der Waals surface area contributed by atoms with E-state index in [1.54, 1.807) is 10.8 Å². The summed E-state index contributed by atoms with van der Waals surface area (Å²) in [7, 11) is 2.16. The standard InChI is InChI=1S/C30H40N10O/c1-4-38(5-2)27-14-21-15-33-30(35-23-8-6-22(7-9-23)34-24-11-13-37(3)18-24)36-28(21)39(29(27)41)19-26-17-32-20-40(26)25-10-12-31-16-25/h6-9,14-15,17,20,24-25,31,34H,4-5,10-13,16,18-19H2,1-3H3,(H,33,35,36). The Morgan fingerprint density at radius 3 is 2.61 bits per heavy atom. The lowest BCUT2D eigenvalue weighted by Gasteiger charge is -2.23. The molecule has 3 aromatic heterocycles. The second-order valence-corrected chi connectivity index (χ2v) is 11.1. The van der Waals surface area contributed by atoms with Crippen molar-refractivity contribution in [3.8, 4) is 0 Å². The lowest BCUT2D eigenvalue weighted by Crippen LogP contribution is -2.33. The maximum atomic E-state index is 14.0. The second kappa shape index (κ2) is 11.9. The fourth-order valence-electron chi connectivity index (χ4n) is 6.03. The zero-order chi connectivity index (χ0) is 28.3. The minimum absolute atomic E-state index is 0.0591. The van der Waals surface area contributed by atoms with Crippen LogP contribution in [-0.2, 0) is 6.54 Å². The van der Waals surface area contributed by atoms with Gasteiger partial charge in [0.05, 0.1) is 18.6 Å². The minimum atomic E-state index is -0.0591. The Morgan fingerprint density at radius 1 is 1.10 bits per heavy atom. The van der Waals surface area contributed by atoms with Crippen LogP contribution < -0.4 is 26.4 Å². The van der Waals surface area contributed by atoms with Gasteiger partial charge in [-0.2, -0.15) is 4.98 Å². The number of rotatable bonds is 10. The summed E-state index contributed by atoms with van der Waals surface area (Å²) in [5.74, 6) is 0.452. The molecule has 0 spiro atoms. The number of hydrogen-bond acceptors (Lipinski definition) is 9. The quantitative estimate of drug-likeness (QED) is 0.271. The molecule has 6 rings (SSSR count). The number of likely N-dealkylation sites (N-methyl/N-ethyl adjacent to an activating group) is 1. The molecule has 2 aliphatic rings. The molecule has 0 aliphatic carbocycles. The molecule has 0 saturated carbocycles. The van der Waals surface area contributed by atoms with Crippen molar-refractivity contribution < 1.29 is 0 Å². The van der Waals surface area contributed by atoms with E-state index in [9.17, 15) is 4.79 Å². The summed E-state index contributed by atoms with van der Waals surface area (Å²) in [6.45, 7) is 10.1. The topological polar surface area (TPSA) is 108 Å². The third-order valence-corrected chi connectivity index (χ3v) is 8.31. The number of anilines is 4. The summed E-state index contributed by atoms with van der Waals surface area (Å²) < 4.78 is 3.97. The lowest BCUT2D eigenvalue weighted by atomic mass is 10.2. The molecule has 41 heavy (non-hydrogen) atoms. The van der Waals surface area contributed by atoms with Gasteiger partial charge in [0.1, 0.15) is 11.3 Å². The Labute approximate surface area is 240 Å². The van der Waals surface area contributed by atoms with Crippen LogP contribution in [0.4, 0.5) is 23.0 Å². The van der Waals surface area contributed by atoms with Crippen molar-refractivity contribution >= 4 is 34.0 Å². The minimum Gasteiger partial charge on any atom is -0.381 e. The van der Waals surface area contributed by atoms with E-state index in [0.29, 0.717) is 35.9 Å². The van der Waals surface area contributed by atoms with Crippen LogP contribution in [0.3, 0.4) is 0 Å². The highest BCUT2D eigenvalue weighted by Gasteiger charge is 2.22. The van der Waals surface area contributed by atoms with Gasteiger partial charge in [0.2, 0.25) is 5.95 Å². The lowest BCUT2D eigenvalue weighted by molar-refractivity contribution is 0.414. The number of pyridine rings is 1. The summed E-state index contributed by atoms with van der Waals surface area (Å²) in [4.78, 5) is 32.3. The van der Waals surface area contributed by atoms with E-state index in [0.717, 1.165) is 74.6 Å². The third-order valence-electron chi connectivity index (χ3n) is 8.31. The van der Waals surface area contributed by atoms with Crippen molar-refractivity contribution in [2.45, 2.75) is 45.3 Å². The second-order valence-electron chi connectivity index (χ2n) is 11.1. The molecule has 3 N–H and O–H groups in total. The van der Waals surface area contributed by atoms with Gasteiger partial charge in [-0.05, 0) is 77.2 Å². The first kappa shape index (κ1) is 27.2. The first-order chi connectivity index (χ1) is 20.0. The molecule has 1 aromatic carbocycles. The number of aromatic nitrogens is 5. The van der Waals surface area contributed by atoms with E-state index in [4.69, 9.17) is 4.98 Å². The van der Waals surface area contributed by atoms with Crippen molar-refractivity contribution in [2.24, 2.45) is 0 Å². The van der Waals surface area contributed by atoms with Gasteiger partial charge in [-0.15, -0.1) is 0 Å². The first-order valence-electron chi connectivity index (χ1n) is 14.7. The normalized spacial score (nSPS) is 19.2. The van der Waals surface area contributed by atoms with Gasteiger partial charge in [-0.3, -0.25) is 9.36 Å². The molecule has 2 atom stereocenters. The maximum absolute atomic E-state index is 14.0. The van der Waals surface area contributed by atoms with Gasteiger partial charge in [0.25, 0.3) is 5.56 Å². The number of imidazole rings is 1. The monoisotopic (exact) mass is 556 g/mol. The molecular formula is C30H40N10O. The molecule has 0 amide bonds. The van der Waals surface area contributed by atoms with Crippen LogP contribution in [-0.4, -0.2) is 81.3 Å². The molecule has 2 unspecified atom stereocenters. The van der Waals surface area contributed by atoms with Crippen molar-refractivity contribution in [3.05, 3.63) is 65.1 Å². The Kier molecular flexibility index (Phi) is 7.89. The van der Waals surface area contributed by atoms with E-state index in [1.807, 2.05) is 30.7 Å². The number of nitrogens with zero attached hydrogens (tertiary/aromatic N) is 7. The van der Waals surface area contributed by atoms with Gasteiger partial charge in [0.15, 0.2) is 0 Å².